The van der Waals surface area contributed by atoms with E-state index in [1.165, 1.54) is 7.11 Å². The SMILES string of the molecule is COC(=O)c1cc(S(=O)O)cnc1Cl. The molecule has 0 fully saturated rings. The Labute approximate surface area is 87.3 Å². The molecule has 1 heterocycles. The van der Waals surface area contributed by atoms with Crippen LogP contribution in [0.2, 0.25) is 5.15 Å². The number of aromatic nitrogens is 1. The summed E-state index contributed by atoms with van der Waals surface area (Å²) in [4.78, 5) is 14.7. The van der Waals surface area contributed by atoms with Crippen molar-refractivity contribution in [3.05, 3.63) is 23.0 Å². The number of nitrogens with zero attached hydrogens (tertiary/aromatic N) is 1. The van der Waals surface area contributed by atoms with Gasteiger partial charge in [0.15, 0.2) is 11.1 Å². The molecular formula is C7H6ClNO4S. The molecule has 0 radical (unpaired) electrons. The first-order valence-electron chi connectivity index (χ1n) is 3.41. The molecule has 0 aromatic carbocycles. The van der Waals surface area contributed by atoms with Crippen molar-refractivity contribution in [2.45, 2.75) is 4.90 Å². The van der Waals surface area contributed by atoms with Crippen LogP contribution in [0.15, 0.2) is 17.2 Å². The fourth-order valence-electron chi connectivity index (χ4n) is 0.778. The Bertz CT molecular complexity index is 395. The lowest BCUT2D eigenvalue weighted by molar-refractivity contribution is 0.0600. The summed E-state index contributed by atoms with van der Waals surface area (Å²) in [6, 6.07) is 1.16. The summed E-state index contributed by atoms with van der Waals surface area (Å²) in [5.41, 5.74) is -0.0333. The van der Waals surface area contributed by atoms with E-state index in [4.69, 9.17) is 16.2 Å². The van der Waals surface area contributed by atoms with E-state index in [9.17, 15) is 9.00 Å². The first-order valence-corrected chi connectivity index (χ1v) is 4.89. The number of methoxy groups -OCH3 is 1. The topological polar surface area (TPSA) is 76.5 Å². The molecule has 1 unspecified atom stereocenters. The Balaban J connectivity index is 3.21. The highest BCUT2D eigenvalue weighted by Crippen LogP contribution is 2.16. The van der Waals surface area contributed by atoms with Gasteiger partial charge in [0.2, 0.25) is 0 Å². The van der Waals surface area contributed by atoms with Crippen LogP contribution >= 0.6 is 11.6 Å². The van der Waals surface area contributed by atoms with E-state index in [1.54, 1.807) is 0 Å². The van der Waals surface area contributed by atoms with Crippen LogP contribution in [0.4, 0.5) is 0 Å². The molecule has 1 rings (SSSR count). The molecule has 76 valence electrons. The highest BCUT2D eigenvalue weighted by atomic mass is 35.5. The zero-order valence-electron chi connectivity index (χ0n) is 7.06. The minimum atomic E-state index is -2.19. The molecule has 7 heteroatoms. The maximum absolute atomic E-state index is 11.1. The number of pyridine rings is 1. The summed E-state index contributed by atoms with van der Waals surface area (Å²) < 4.78 is 23.8. The average molecular weight is 236 g/mol. The van der Waals surface area contributed by atoms with E-state index in [1.807, 2.05) is 0 Å². The summed E-state index contributed by atoms with van der Waals surface area (Å²) in [5, 5.41) is -0.0638. The Morgan fingerprint density at radius 2 is 2.36 bits per heavy atom. The van der Waals surface area contributed by atoms with Crippen LogP contribution in [0.25, 0.3) is 0 Å². The molecule has 14 heavy (non-hydrogen) atoms. The van der Waals surface area contributed by atoms with Crippen LogP contribution in [0.5, 0.6) is 0 Å². The zero-order valence-corrected chi connectivity index (χ0v) is 8.63. The predicted octanol–water partition coefficient (Wildman–Crippen LogP) is 1.10. The van der Waals surface area contributed by atoms with Gasteiger partial charge in [-0.05, 0) is 6.07 Å². The zero-order chi connectivity index (χ0) is 10.7. The lowest BCUT2D eigenvalue weighted by Gasteiger charge is -2.02. The minimum Gasteiger partial charge on any atom is -0.465 e. The maximum Gasteiger partial charge on any atom is 0.341 e. The predicted molar refractivity (Wildman–Crippen MR) is 49.6 cm³/mol. The summed E-state index contributed by atoms with van der Waals surface area (Å²) in [7, 11) is 1.18. The molecule has 0 amide bonds. The fourth-order valence-corrected chi connectivity index (χ4v) is 1.32. The number of halogens is 1. The Kier molecular flexibility index (Phi) is 3.56. The van der Waals surface area contributed by atoms with Crippen molar-refractivity contribution in [3.63, 3.8) is 0 Å². The molecule has 0 bridgehead atoms. The molecule has 1 aromatic rings. The fraction of sp³-hybridized carbons (Fsp3) is 0.143. The van der Waals surface area contributed by atoms with Gasteiger partial charge in [-0.1, -0.05) is 11.6 Å². The van der Waals surface area contributed by atoms with Gasteiger partial charge in [0.25, 0.3) is 0 Å². The van der Waals surface area contributed by atoms with Gasteiger partial charge in [-0.3, -0.25) is 0 Å². The number of carbonyl (C=O) groups is 1. The van der Waals surface area contributed by atoms with Crippen molar-refractivity contribution in [2.75, 3.05) is 7.11 Å². The van der Waals surface area contributed by atoms with Gasteiger partial charge in [-0.15, -0.1) is 0 Å². The number of carbonyl (C=O) groups excluding carboxylic acids is 1. The van der Waals surface area contributed by atoms with Gasteiger partial charge in [0, 0.05) is 6.20 Å². The number of hydrogen-bond acceptors (Lipinski definition) is 4. The van der Waals surface area contributed by atoms with Crippen LogP contribution in [0.1, 0.15) is 10.4 Å². The molecular weight excluding hydrogens is 230 g/mol. The van der Waals surface area contributed by atoms with Crippen LogP contribution in [-0.4, -0.2) is 26.8 Å². The lowest BCUT2D eigenvalue weighted by Crippen LogP contribution is -2.04. The third-order valence-corrected chi connectivity index (χ3v) is 2.35. The largest absolute Gasteiger partial charge is 0.465 e. The smallest absolute Gasteiger partial charge is 0.341 e. The van der Waals surface area contributed by atoms with E-state index in [2.05, 4.69) is 9.72 Å². The van der Waals surface area contributed by atoms with Crippen molar-refractivity contribution in [1.29, 1.82) is 0 Å². The van der Waals surface area contributed by atoms with Gasteiger partial charge in [-0.25, -0.2) is 14.0 Å². The summed E-state index contributed by atoms with van der Waals surface area (Å²) >= 11 is 3.39. The van der Waals surface area contributed by atoms with Crippen molar-refractivity contribution in [3.8, 4) is 0 Å². The molecule has 0 spiro atoms. The monoisotopic (exact) mass is 235 g/mol. The Hall–Kier alpha value is -0.980. The normalized spacial score (nSPS) is 12.2. The first-order chi connectivity index (χ1) is 6.56. The van der Waals surface area contributed by atoms with Gasteiger partial charge in [0.1, 0.15) is 5.15 Å². The standard InChI is InChI=1S/C7H6ClNO4S/c1-13-7(10)5-2-4(14(11)12)3-9-6(5)8/h2-3H,1H3,(H,11,12). The minimum absolute atomic E-state index is 0.00481. The molecule has 0 saturated heterocycles. The van der Waals surface area contributed by atoms with Crippen LogP contribution in [0, 0.1) is 0 Å². The number of ether oxygens (including phenoxy) is 1. The number of esters is 1. The van der Waals surface area contributed by atoms with Crippen molar-refractivity contribution in [2.24, 2.45) is 0 Å². The summed E-state index contributed by atoms with van der Waals surface area (Å²) in [6.45, 7) is 0. The third-order valence-electron chi connectivity index (χ3n) is 1.42. The third kappa shape index (κ3) is 2.28. The average Bonchev–Trinajstić information content (AvgIpc) is 2.17. The molecule has 0 aliphatic carbocycles. The molecule has 1 atom stereocenters. The molecule has 1 aromatic heterocycles. The summed E-state index contributed by atoms with van der Waals surface area (Å²) in [6.07, 6.45) is 1.12. The van der Waals surface area contributed by atoms with Crippen LogP contribution in [-0.2, 0) is 15.8 Å². The van der Waals surface area contributed by atoms with Crippen molar-refractivity contribution in [1.82, 2.24) is 4.98 Å². The quantitative estimate of drug-likeness (QED) is 0.472. The van der Waals surface area contributed by atoms with E-state index in [-0.39, 0.29) is 15.6 Å². The van der Waals surface area contributed by atoms with E-state index < -0.39 is 17.0 Å². The molecule has 0 saturated carbocycles. The van der Waals surface area contributed by atoms with Gasteiger partial charge in [-0.2, -0.15) is 0 Å². The number of hydrogen-bond donors (Lipinski definition) is 1. The number of rotatable bonds is 2. The molecule has 5 nitrogen and oxygen atoms in total. The van der Waals surface area contributed by atoms with Crippen molar-refractivity contribution < 1.29 is 18.3 Å². The first kappa shape index (κ1) is 11.1. The van der Waals surface area contributed by atoms with Gasteiger partial charge in [0.05, 0.1) is 17.6 Å². The second-order valence-electron chi connectivity index (χ2n) is 2.25. The highest BCUT2D eigenvalue weighted by Gasteiger charge is 2.14. The van der Waals surface area contributed by atoms with Gasteiger partial charge < -0.3 is 9.29 Å². The highest BCUT2D eigenvalue weighted by molar-refractivity contribution is 7.79. The van der Waals surface area contributed by atoms with E-state index in [0.29, 0.717) is 0 Å². The lowest BCUT2D eigenvalue weighted by atomic mass is 10.3. The molecule has 0 aliphatic rings. The second-order valence-corrected chi connectivity index (χ2v) is 3.58. The van der Waals surface area contributed by atoms with E-state index in [0.717, 1.165) is 12.3 Å². The molecule has 1 N–H and O–H groups in total. The van der Waals surface area contributed by atoms with Crippen LogP contribution < -0.4 is 0 Å². The Morgan fingerprint density at radius 1 is 1.71 bits per heavy atom. The maximum atomic E-state index is 11.1. The van der Waals surface area contributed by atoms with Gasteiger partial charge >= 0.3 is 5.97 Å². The van der Waals surface area contributed by atoms with E-state index >= 15 is 0 Å². The second kappa shape index (κ2) is 4.50. The van der Waals surface area contributed by atoms with Crippen molar-refractivity contribution >= 4 is 28.7 Å². The molecule has 0 aliphatic heterocycles. The summed E-state index contributed by atoms with van der Waals surface area (Å²) in [5.74, 6) is -0.699. The van der Waals surface area contributed by atoms with Crippen LogP contribution in [0.3, 0.4) is 0 Å². The Morgan fingerprint density at radius 3 is 2.86 bits per heavy atom.